The van der Waals surface area contributed by atoms with Crippen LogP contribution < -0.4 is 4.74 Å². The van der Waals surface area contributed by atoms with Crippen molar-refractivity contribution in [1.29, 1.82) is 0 Å². The number of likely N-dealkylation sites (tertiary alicyclic amines) is 1. The van der Waals surface area contributed by atoms with Crippen LogP contribution in [0.2, 0.25) is 0 Å². The van der Waals surface area contributed by atoms with Gasteiger partial charge >= 0.3 is 0 Å². The molecule has 1 aliphatic rings. The molecule has 0 radical (unpaired) electrons. The van der Waals surface area contributed by atoms with Crippen LogP contribution in [0.15, 0.2) is 78.6 Å². The second-order valence-corrected chi connectivity index (χ2v) is 8.39. The van der Waals surface area contributed by atoms with Gasteiger partial charge in [0.2, 0.25) is 0 Å². The van der Waals surface area contributed by atoms with Crippen LogP contribution in [0.1, 0.15) is 42.1 Å². The molecule has 2 aromatic carbocycles. The van der Waals surface area contributed by atoms with Crippen LogP contribution in [0.4, 0.5) is 0 Å². The van der Waals surface area contributed by atoms with Gasteiger partial charge in [-0.3, -0.25) is 14.6 Å². The monoisotopic (exact) mass is 442 g/mol. The van der Waals surface area contributed by atoms with E-state index in [1.807, 2.05) is 63.2 Å². The summed E-state index contributed by atoms with van der Waals surface area (Å²) in [5.74, 6) is -0.851. The molecule has 33 heavy (non-hydrogen) atoms. The first-order chi connectivity index (χ1) is 15.8. The van der Waals surface area contributed by atoms with Crippen LogP contribution in [0.25, 0.3) is 5.76 Å². The second kappa shape index (κ2) is 9.28. The maximum Gasteiger partial charge on any atom is 0.295 e. The highest BCUT2D eigenvalue weighted by Gasteiger charge is 2.46. The van der Waals surface area contributed by atoms with Gasteiger partial charge in [-0.15, -0.1) is 0 Å². The van der Waals surface area contributed by atoms with E-state index in [0.29, 0.717) is 16.9 Å². The molecule has 1 N–H and O–H groups in total. The maximum atomic E-state index is 13.1. The average molecular weight is 443 g/mol. The van der Waals surface area contributed by atoms with Crippen molar-refractivity contribution in [2.24, 2.45) is 0 Å². The lowest BCUT2D eigenvalue weighted by molar-refractivity contribution is -0.140. The highest BCUT2D eigenvalue weighted by Crippen LogP contribution is 2.40. The number of ketones is 1. The van der Waals surface area contributed by atoms with E-state index < -0.39 is 17.7 Å². The molecule has 1 amide bonds. The molecule has 1 aliphatic heterocycles. The van der Waals surface area contributed by atoms with Crippen molar-refractivity contribution < 1.29 is 19.4 Å². The van der Waals surface area contributed by atoms with Gasteiger partial charge in [-0.2, -0.15) is 0 Å². The summed E-state index contributed by atoms with van der Waals surface area (Å²) < 4.78 is 5.73. The third-order valence-electron chi connectivity index (χ3n) is 5.51. The van der Waals surface area contributed by atoms with Crippen molar-refractivity contribution in [2.75, 3.05) is 0 Å². The minimum absolute atomic E-state index is 0.0219. The molecule has 168 valence electrons. The Morgan fingerprint density at radius 1 is 1.06 bits per heavy atom. The fraction of sp³-hybridized carbons (Fsp3) is 0.222. The molecule has 0 bridgehead atoms. The molecule has 1 fully saturated rings. The lowest BCUT2D eigenvalue weighted by Gasteiger charge is -2.25. The molecule has 1 atom stereocenters. The van der Waals surface area contributed by atoms with Crippen molar-refractivity contribution in [3.63, 3.8) is 0 Å². The number of carbonyl (C=O) groups is 2. The Kier molecular flexibility index (Phi) is 6.27. The molecule has 0 aliphatic carbocycles. The Morgan fingerprint density at radius 3 is 2.36 bits per heavy atom. The highest BCUT2D eigenvalue weighted by molar-refractivity contribution is 6.46. The average Bonchev–Trinajstić information content (AvgIpc) is 3.05. The number of amides is 1. The van der Waals surface area contributed by atoms with Gasteiger partial charge in [0.25, 0.3) is 11.7 Å². The molecule has 6 nitrogen and oxygen atoms in total. The molecular weight excluding hydrogens is 416 g/mol. The van der Waals surface area contributed by atoms with Gasteiger partial charge in [-0.05, 0) is 50.1 Å². The Morgan fingerprint density at radius 2 is 1.76 bits per heavy atom. The van der Waals surface area contributed by atoms with Crippen molar-refractivity contribution in [3.05, 3.63) is 101 Å². The number of aromatic nitrogens is 1. The molecule has 6 heteroatoms. The number of Topliss-reactive ketones (excluding diaryl/α,β-unsaturated/α-hetero) is 1. The van der Waals surface area contributed by atoms with Crippen LogP contribution in [0.3, 0.4) is 0 Å². The standard InChI is InChI=1S/C27H26N2O4/c1-17(2)33-22-12-10-20(11-13-22)24-23(25(30)21-8-6-18(3)7-9-21)26(31)27(32)29(24)16-19-5-4-14-28-15-19/h4-15,17,24,30H,16H2,1-3H3/t24-/m0/s1. The number of pyridine rings is 1. The van der Waals surface area contributed by atoms with Gasteiger partial charge in [0.05, 0.1) is 17.7 Å². The van der Waals surface area contributed by atoms with Crippen molar-refractivity contribution >= 4 is 17.4 Å². The predicted molar refractivity (Wildman–Crippen MR) is 125 cm³/mol. The molecule has 2 heterocycles. The van der Waals surface area contributed by atoms with Gasteiger partial charge in [0, 0.05) is 24.5 Å². The van der Waals surface area contributed by atoms with Crippen LogP contribution in [0.5, 0.6) is 5.75 Å². The topological polar surface area (TPSA) is 79.7 Å². The predicted octanol–water partition coefficient (Wildman–Crippen LogP) is 4.80. The zero-order valence-corrected chi connectivity index (χ0v) is 18.9. The van der Waals surface area contributed by atoms with E-state index in [9.17, 15) is 14.7 Å². The lowest BCUT2D eigenvalue weighted by atomic mass is 9.95. The van der Waals surface area contributed by atoms with Crippen molar-refractivity contribution in [1.82, 2.24) is 9.88 Å². The van der Waals surface area contributed by atoms with Gasteiger partial charge in [-0.25, -0.2) is 0 Å². The Labute approximate surface area is 193 Å². The molecule has 0 saturated carbocycles. The highest BCUT2D eigenvalue weighted by atomic mass is 16.5. The zero-order valence-electron chi connectivity index (χ0n) is 18.9. The van der Waals surface area contributed by atoms with E-state index in [2.05, 4.69) is 4.98 Å². The third-order valence-corrected chi connectivity index (χ3v) is 5.51. The lowest BCUT2D eigenvalue weighted by Crippen LogP contribution is -2.29. The minimum atomic E-state index is -0.736. The molecule has 3 aromatic rings. The van der Waals surface area contributed by atoms with E-state index in [4.69, 9.17) is 4.74 Å². The number of aryl methyl sites for hydroxylation is 1. The number of hydrogen-bond acceptors (Lipinski definition) is 5. The molecule has 0 spiro atoms. The van der Waals surface area contributed by atoms with Gasteiger partial charge in [0.1, 0.15) is 11.5 Å². The quantitative estimate of drug-likeness (QED) is 0.337. The molecular formula is C27H26N2O4. The largest absolute Gasteiger partial charge is 0.507 e. The third kappa shape index (κ3) is 4.65. The van der Waals surface area contributed by atoms with Gasteiger partial charge in [0.15, 0.2) is 0 Å². The zero-order chi connectivity index (χ0) is 23.5. The van der Waals surface area contributed by atoms with Crippen LogP contribution in [-0.4, -0.2) is 32.8 Å². The number of benzene rings is 2. The summed E-state index contributed by atoms with van der Waals surface area (Å²) in [5.41, 5.74) is 3.10. The molecule has 0 unspecified atom stereocenters. The van der Waals surface area contributed by atoms with Crippen molar-refractivity contribution in [3.8, 4) is 5.75 Å². The first kappa shape index (κ1) is 22.3. The normalized spacial score (nSPS) is 17.6. The minimum Gasteiger partial charge on any atom is -0.507 e. The number of aliphatic hydroxyl groups is 1. The summed E-state index contributed by atoms with van der Waals surface area (Å²) in [4.78, 5) is 31.8. The van der Waals surface area contributed by atoms with Crippen LogP contribution in [0, 0.1) is 6.92 Å². The smallest absolute Gasteiger partial charge is 0.295 e. The fourth-order valence-electron chi connectivity index (χ4n) is 3.95. The molecule has 4 rings (SSSR count). The number of nitrogens with zero attached hydrogens (tertiary/aromatic N) is 2. The summed E-state index contributed by atoms with van der Waals surface area (Å²) >= 11 is 0. The summed E-state index contributed by atoms with van der Waals surface area (Å²) in [6.07, 6.45) is 3.34. The van der Waals surface area contributed by atoms with E-state index in [-0.39, 0.29) is 24.0 Å². The first-order valence-electron chi connectivity index (χ1n) is 10.9. The fourth-order valence-corrected chi connectivity index (χ4v) is 3.95. The summed E-state index contributed by atoms with van der Waals surface area (Å²) in [7, 11) is 0. The van der Waals surface area contributed by atoms with E-state index >= 15 is 0 Å². The number of rotatable bonds is 6. The maximum absolute atomic E-state index is 13.1. The van der Waals surface area contributed by atoms with E-state index in [1.54, 1.807) is 30.6 Å². The SMILES string of the molecule is Cc1ccc(C(O)=C2C(=O)C(=O)N(Cc3cccnc3)[C@H]2c2ccc(OC(C)C)cc2)cc1. The number of carbonyl (C=O) groups excluding carboxylic acids is 2. The molecule has 1 aromatic heterocycles. The Balaban J connectivity index is 1.81. The van der Waals surface area contributed by atoms with E-state index in [1.165, 1.54) is 4.90 Å². The van der Waals surface area contributed by atoms with Gasteiger partial charge < -0.3 is 14.7 Å². The van der Waals surface area contributed by atoms with Crippen molar-refractivity contribution in [2.45, 2.75) is 39.5 Å². The summed E-state index contributed by atoms with van der Waals surface area (Å²) in [6, 6.07) is 17.4. The summed E-state index contributed by atoms with van der Waals surface area (Å²) in [5, 5.41) is 11.1. The molecule has 1 saturated heterocycles. The summed E-state index contributed by atoms with van der Waals surface area (Å²) in [6.45, 7) is 6.02. The number of hydrogen-bond donors (Lipinski definition) is 1. The Bertz CT molecular complexity index is 1180. The number of aliphatic hydroxyl groups excluding tert-OH is 1. The van der Waals surface area contributed by atoms with E-state index in [0.717, 1.165) is 11.1 Å². The second-order valence-electron chi connectivity index (χ2n) is 8.39. The van der Waals surface area contributed by atoms with Crippen LogP contribution in [-0.2, 0) is 16.1 Å². The van der Waals surface area contributed by atoms with Crippen LogP contribution >= 0.6 is 0 Å². The number of ether oxygens (including phenoxy) is 1. The Hall–Kier alpha value is -3.93. The first-order valence-corrected chi connectivity index (χ1v) is 10.9. The van der Waals surface area contributed by atoms with Gasteiger partial charge in [-0.1, -0.05) is 48.0 Å².